The third-order valence-corrected chi connectivity index (χ3v) is 7.11. The number of thiocarbonyl (C=S) groups is 1. The van der Waals surface area contributed by atoms with Crippen LogP contribution < -0.4 is 5.32 Å². The molecule has 0 radical (unpaired) electrons. The highest BCUT2D eigenvalue weighted by molar-refractivity contribution is 8.11. The predicted octanol–water partition coefficient (Wildman–Crippen LogP) is 5.62. The van der Waals surface area contributed by atoms with Gasteiger partial charge in [0.2, 0.25) is 0 Å². The van der Waals surface area contributed by atoms with Crippen molar-refractivity contribution in [2.24, 2.45) is 11.3 Å². The average molecular weight is 362 g/mol. The normalized spacial score (nSPS) is 32.2. The zero-order valence-electron chi connectivity index (χ0n) is 15.5. The molecule has 1 fully saturated rings. The first-order valence-electron chi connectivity index (χ1n) is 9.36. The molecule has 0 saturated heterocycles. The second kappa shape index (κ2) is 6.64. The number of nitrogens with one attached hydrogen (secondary N) is 1. The maximum Gasteiger partial charge on any atom is 0.130 e. The minimum Gasteiger partial charge on any atom is -0.371 e. The van der Waals surface area contributed by atoms with Crippen LogP contribution in [0.2, 0.25) is 0 Å². The summed E-state index contributed by atoms with van der Waals surface area (Å²) in [6.07, 6.45) is 6.41. The molecule has 0 aliphatic heterocycles. The van der Waals surface area contributed by atoms with Gasteiger partial charge in [0.15, 0.2) is 0 Å². The average Bonchev–Trinajstić information content (AvgIpc) is 2.52. The number of rotatable bonds is 3. The Morgan fingerprint density at radius 1 is 1.33 bits per heavy atom. The molecule has 2 aliphatic carbocycles. The van der Waals surface area contributed by atoms with E-state index in [1.165, 1.54) is 37.7 Å². The highest BCUT2D eigenvalue weighted by atomic mass is 32.1. The van der Waals surface area contributed by atoms with E-state index in [1.807, 2.05) is 0 Å². The Balaban J connectivity index is 1.95. The van der Waals surface area contributed by atoms with Crippen LogP contribution in [0.4, 0.5) is 0 Å². The Morgan fingerprint density at radius 3 is 2.75 bits per heavy atom. The fraction of sp³-hybridized carbons (Fsp3) is 0.667. The standard InChI is InChI=1S/C21H31NS2/c1-14(2)15-6-8-17-16(12-15)7-9-18-20(3,13-22-19(23)24)10-5-11-21(17,18)4/h6,8,12,14,18H,5,7,9-11,13H2,1-4H3,(H2,22,23,24). The van der Waals surface area contributed by atoms with Gasteiger partial charge in [0, 0.05) is 6.54 Å². The largest absolute Gasteiger partial charge is 0.371 e. The summed E-state index contributed by atoms with van der Waals surface area (Å²) in [6, 6.07) is 7.29. The van der Waals surface area contributed by atoms with Crippen LogP contribution in [-0.4, -0.2) is 10.9 Å². The molecule has 3 atom stereocenters. The Kier molecular flexibility index (Phi) is 5.05. The molecule has 3 heteroatoms. The van der Waals surface area contributed by atoms with E-state index in [0.717, 1.165) is 6.54 Å². The molecule has 3 unspecified atom stereocenters. The molecular weight excluding hydrogens is 330 g/mol. The second-order valence-electron chi connectivity index (χ2n) is 8.75. The quantitative estimate of drug-likeness (QED) is 0.535. The summed E-state index contributed by atoms with van der Waals surface area (Å²) in [5.74, 6) is 1.32. The molecule has 132 valence electrons. The molecule has 0 bridgehead atoms. The summed E-state index contributed by atoms with van der Waals surface area (Å²) < 4.78 is 0.626. The first-order chi connectivity index (χ1) is 11.3. The van der Waals surface area contributed by atoms with Gasteiger partial charge >= 0.3 is 0 Å². The van der Waals surface area contributed by atoms with E-state index in [2.05, 4.69) is 63.8 Å². The van der Waals surface area contributed by atoms with Crippen LogP contribution in [0, 0.1) is 11.3 Å². The summed E-state index contributed by atoms with van der Waals surface area (Å²) in [7, 11) is 0. The summed E-state index contributed by atoms with van der Waals surface area (Å²) in [4.78, 5) is 0. The summed E-state index contributed by atoms with van der Waals surface area (Å²) >= 11 is 9.41. The van der Waals surface area contributed by atoms with Gasteiger partial charge in [-0.05, 0) is 65.0 Å². The maximum atomic E-state index is 5.14. The molecule has 1 aromatic carbocycles. The highest BCUT2D eigenvalue weighted by Crippen LogP contribution is 2.57. The Morgan fingerprint density at radius 2 is 2.08 bits per heavy atom. The van der Waals surface area contributed by atoms with Crippen molar-refractivity contribution in [1.82, 2.24) is 5.32 Å². The zero-order valence-corrected chi connectivity index (χ0v) is 17.2. The van der Waals surface area contributed by atoms with Gasteiger partial charge in [0.25, 0.3) is 0 Å². The molecule has 24 heavy (non-hydrogen) atoms. The van der Waals surface area contributed by atoms with Crippen LogP contribution in [0.1, 0.15) is 76.0 Å². The molecule has 1 aromatic rings. The summed E-state index contributed by atoms with van der Waals surface area (Å²) in [6.45, 7) is 10.5. The predicted molar refractivity (Wildman–Crippen MR) is 111 cm³/mol. The van der Waals surface area contributed by atoms with Gasteiger partial charge in [-0.15, -0.1) is 12.6 Å². The molecular formula is C21H31NS2. The van der Waals surface area contributed by atoms with Gasteiger partial charge in [-0.2, -0.15) is 0 Å². The van der Waals surface area contributed by atoms with E-state index in [1.54, 1.807) is 11.1 Å². The van der Waals surface area contributed by atoms with Crippen molar-refractivity contribution in [3.8, 4) is 0 Å². The van der Waals surface area contributed by atoms with Crippen LogP contribution in [0.5, 0.6) is 0 Å². The Labute approximate surface area is 158 Å². The monoisotopic (exact) mass is 361 g/mol. The molecule has 0 amide bonds. The lowest BCUT2D eigenvalue weighted by Gasteiger charge is -2.55. The number of thiol groups is 1. The van der Waals surface area contributed by atoms with E-state index in [-0.39, 0.29) is 0 Å². The van der Waals surface area contributed by atoms with Gasteiger partial charge < -0.3 is 5.32 Å². The van der Waals surface area contributed by atoms with Crippen LogP contribution >= 0.6 is 24.8 Å². The van der Waals surface area contributed by atoms with Gasteiger partial charge in [-0.1, -0.05) is 64.5 Å². The third kappa shape index (κ3) is 3.14. The minimum atomic E-state index is 0.300. The molecule has 0 heterocycles. The van der Waals surface area contributed by atoms with Crippen molar-refractivity contribution in [3.63, 3.8) is 0 Å². The smallest absolute Gasteiger partial charge is 0.130 e. The van der Waals surface area contributed by atoms with E-state index >= 15 is 0 Å². The van der Waals surface area contributed by atoms with Crippen LogP contribution in [0.25, 0.3) is 0 Å². The lowest BCUT2D eigenvalue weighted by molar-refractivity contribution is 0.0295. The highest BCUT2D eigenvalue weighted by Gasteiger charge is 2.51. The molecule has 2 aliphatic rings. The van der Waals surface area contributed by atoms with Gasteiger partial charge in [0.05, 0.1) is 0 Å². The first-order valence-corrected chi connectivity index (χ1v) is 10.2. The number of aryl methyl sites for hydroxylation is 1. The van der Waals surface area contributed by atoms with Crippen molar-refractivity contribution in [1.29, 1.82) is 0 Å². The zero-order chi connectivity index (χ0) is 17.5. The van der Waals surface area contributed by atoms with E-state index in [0.29, 0.717) is 27.0 Å². The molecule has 0 spiro atoms. The molecule has 1 nitrogen and oxygen atoms in total. The summed E-state index contributed by atoms with van der Waals surface area (Å²) in [5, 5.41) is 3.35. The molecule has 1 saturated carbocycles. The Bertz CT molecular complexity index is 639. The molecule has 3 rings (SSSR count). The minimum absolute atomic E-state index is 0.300. The van der Waals surface area contributed by atoms with Crippen molar-refractivity contribution in [2.75, 3.05) is 6.54 Å². The number of hydrogen-bond acceptors (Lipinski definition) is 1. The van der Waals surface area contributed by atoms with Crippen molar-refractivity contribution in [3.05, 3.63) is 34.9 Å². The Hall–Kier alpha value is -0.540. The maximum absolute atomic E-state index is 5.14. The first kappa shape index (κ1) is 18.3. The summed E-state index contributed by atoms with van der Waals surface area (Å²) in [5.41, 5.74) is 5.30. The number of benzene rings is 1. The van der Waals surface area contributed by atoms with Gasteiger partial charge in [-0.3, -0.25) is 0 Å². The van der Waals surface area contributed by atoms with E-state index in [9.17, 15) is 0 Å². The van der Waals surface area contributed by atoms with Crippen molar-refractivity contribution in [2.45, 2.75) is 71.1 Å². The fourth-order valence-electron chi connectivity index (χ4n) is 5.49. The lowest BCUT2D eigenvalue weighted by atomic mass is 9.49. The van der Waals surface area contributed by atoms with Gasteiger partial charge in [0.1, 0.15) is 4.32 Å². The lowest BCUT2D eigenvalue weighted by Crippen LogP contribution is -2.52. The van der Waals surface area contributed by atoms with Gasteiger partial charge in [-0.25, -0.2) is 0 Å². The van der Waals surface area contributed by atoms with E-state index < -0.39 is 0 Å². The van der Waals surface area contributed by atoms with Crippen molar-refractivity contribution < 1.29 is 0 Å². The molecule has 1 N–H and O–H groups in total. The topological polar surface area (TPSA) is 12.0 Å². The second-order valence-corrected chi connectivity index (χ2v) is 9.90. The SMILES string of the molecule is CC(C)c1ccc2c(c1)CCC1C(C)(CNC(=S)S)CCCC21C. The van der Waals surface area contributed by atoms with Crippen LogP contribution in [0.15, 0.2) is 18.2 Å². The van der Waals surface area contributed by atoms with Crippen LogP contribution in [-0.2, 0) is 11.8 Å². The fourth-order valence-corrected chi connectivity index (χ4v) is 5.64. The number of fused-ring (bicyclic) bond motifs is 3. The van der Waals surface area contributed by atoms with Crippen molar-refractivity contribution >= 4 is 29.2 Å². The third-order valence-electron chi connectivity index (χ3n) is 6.81. The number of hydrogen-bond donors (Lipinski definition) is 2. The van der Waals surface area contributed by atoms with E-state index in [4.69, 9.17) is 12.2 Å². The molecule has 0 aromatic heterocycles. The van der Waals surface area contributed by atoms with Crippen LogP contribution in [0.3, 0.4) is 0 Å².